The van der Waals surface area contributed by atoms with Crippen molar-refractivity contribution < 1.29 is 19.1 Å². The highest BCUT2D eigenvalue weighted by Crippen LogP contribution is 2.15. The molecule has 1 fully saturated rings. The lowest BCUT2D eigenvalue weighted by molar-refractivity contribution is -0.149. The van der Waals surface area contributed by atoms with Crippen LogP contribution in [0.25, 0.3) is 0 Å². The minimum atomic E-state index is -0.459. The second-order valence-electron chi connectivity index (χ2n) is 4.26. The van der Waals surface area contributed by atoms with Crippen LogP contribution in [0.4, 0.5) is 0 Å². The summed E-state index contributed by atoms with van der Waals surface area (Å²) in [5, 5.41) is 0. The van der Waals surface area contributed by atoms with Gasteiger partial charge in [0.25, 0.3) is 0 Å². The van der Waals surface area contributed by atoms with Crippen molar-refractivity contribution in [1.29, 1.82) is 0 Å². The highest BCUT2D eigenvalue weighted by Gasteiger charge is 2.27. The predicted octanol–water partition coefficient (Wildman–Crippen LogP) is -0.0707. The molecule has 0 aromatic rings. The molecule has 1 aliphatic heterocycles. The van der Waals surface area contributed by atoms with Crippen molar-refractivity contribution in [2.45, 2.75) is 19.9 Å². The summed E-state index contributed by atoms with van der Waals surface area (Å²) in [6.07, 6.45) is 0. The molecule has 0 radical (unpaired) electrons. The maximum absolute atomic E-state index is 12.1. The van der Waals surface area contributed by atoms with Crippen molar-refractivity contribution in [3.05, 3.63) is 0 Å². The van der Waals surface area contributed by atoms with Crippen LogP contribution < -0.4 is 0 Å². The van der Waals surface area contributed by atoms with Gasteiger partial charge in [0.15, 0.2) is 0 Å². The zero-order chi connectivity index (χ0) is 13.7. The number of thioether (sulfide) groups is 1. The van der Waals surface area contributed by atoms with Crippen molar-refractivity contribution in [2.24, 2.45) is 0 Å². The molecule has 0 aromatic carbocycles. The summed E-state index contributed by atoms with van der Waals surface area (Å²) in [7, 11) is 1.28. The largest absolute Gasteiger partial charge is 0.468 e. The molecule has 1 rings (SSSR count). The fourth-order valence-electron chi connectivity index (χ4n) is 1.56. The van der Waals surface area contributed by atoms with Crippen LogP contribution in [-0.4, -0.2) is 65.5 Å². The Hall–Kier alpha value is -1.24. The Labute approximate surface area is 111 Å². The van der Waals surface area contributed by atoms with E-state index in [0.717, 1.165) is 0 Å². The molecule has 18 heavy (non-hydrogen) atoms. The van der Waals surface area contributed by atoms with Gasteiger partial charge < -0.3 is 14.5 Å². The van der Waals surface area contributed by atoms with Gasteiger partial charge >= 0.3 is 5.97 Å². The molecule has 0 bridgehead atoms. The molecular formula is C11H18N2O4S. The first-order chi connectivity index (χ1) is 8.45. The number of nitrogens with zero attached hydrogens (tertiary/aromatic N) is 2. The lowest BCUT2D eigenvalue weighted by Crippen LogP contribution is -2.46. The van der Waals surface area contributed by atoms with Gasteiger partial charge in [-0.3, -0.25) is 14.4 Å². The fourth-order valence-corrected chi connectivity index (χ4v) is 2.46. The Bertz CT molecular complexity index is 346. The van der Waals surface area contributed by atoms with Gasteiger partial charge in [0.2, 0.25) is 11.8 Å². The highest BCUT2D eigenvalue weighted by molar-refractivity contribution is 8.00. The van der Waals surface area contributed by atoms with Crippen LogP contribution in [0.15, 0.2) is 0 Å². The van der Waals surface area contributed by atoms with Crippen LogP contribution in [0, 0.1) is 0 Å². The number of ether oxygens (including phenoxy) is 1. The summed E-state index contributed by atoms with van der Waals surface area (Å²) >= 11 is 1.48. The monoisotopic (exact) mass is 274 g/mol. The number of carbonyl (C=O) groups excluding carboxylic acids is 3. The molecule has 7 heteroatoms. The summed E-state index contributed by atoms with van der Waals surface area (Å²) in [6.45, 7) is 3.59. The topological polar surface area (TPSA) is 66.9 Å². The van der Waals surface area contributed by atoms with E-state index in [2.05, 4.69) is 4.74 Å². The highest BCUT2D eigenvalue weighted by atomic mass is 32.2. The van der Waals surface area contributed by atoms with Gasteiger partial charge in [-0.05, 0) is 13.8 Å². The van der Waals surface area contributed by atoms with Gasteiger partial charge in [-0.25, -0.2) is 0 Å². The van der Waals surface area contributed by atoms with E-state index in [9.17, 15) is 14.4 Å². The van der Waals surface area contributed by atoms with Gasteiger partial charge in [0.05, 0.1) is 18.7 Å². The van der Waals surface area contributed by atoms with Crippen molar-refractivity contribution in [3.8, 4) is 0 Å². The van der Waals surface area contributed by atoms with Gasteiger partial charge in [-0.2, -0.15) is 0 Å². The van der Waals surface area contributed by atoms with E-state index in [1.807, 2.05) is 13.8 Å². The van der Waals surface area contributed by atoms with Crippen LogP contribution >= 0.6 is 11.8 Å². The smallest absolute Gasteiger partial charge is 0.325 e. The van der Waals surface area contributed by atoms with E-state index >= 15 is 0 Å². The van der Waals surface area contributed by atoms with E-state index in [1.54, 1.807) is 0 Å². The van der Waals surface area contributed by atoms with Crippen molar-refractivity contribution in [2.75, 3.05) is 31.8 Å². The number of carbonyl (C=O) groups is 3. The molecule has 1 saturated heterocycles. The normalized spacial score (nSPS) is 15.1. The van der Waals surface area contributed by atoms with Gasteiger partial charge in [-0.1, -0.05) is 0 Å². The van der Waals surface area contributed by atoms with E-state index in [1.165, 1.54) is 28.7 Å². The zero-order valence-electron chi connectivity index (χ0n) is 10.8. The first kappa shape index (κ1) is 14.8. The Morgan fingerprint density at radius 1 is 1.50 bits per heavy atom. The number of methoxy groups -OCH3 is 1. The molecule has 0 aromatic heterocycles. The fraction of sp³-hybridized carbons (Fsp3) is 0.727. The SMILES string of the molecule is COC(=O)CN(C(=O)CN1CSCC1=O)C(C)C. The van der Waals surface area contributed by atoms with Crippen LogP contribution in [0.5, 0.6) is 0 Å². The molecule has 0 unspecified atom stereocenters. The van der Waals surface area contributed by atoms with Crippen LogP contribution in [-0.2, 0) is 19.1 Å². The Balaban J connectivity index is 2.59. The molecule has 0 N–H and O–H groups in total. The first-order valence-corrected chi connectivity index (χ1v) is 6.83. The summed E-state index contributed by atoms with van der Waals surface area (Å²) in [6, 6.07) is -0.109. The summed E-state index contributed by atoms with van der Waals surface area (Å²) in [4.78, 5) is 37.6. The summed E-state index contributed by atoms with van der Waals surface area (Å²) in [5.74, 6) is 0.237. The third kappa shape index (κ3) is 3.90. The average molecular weight is 274 g/mol. The van der Waals surface area contributed by atoms with E-state index in [-0.39, 0.29) is 30.9 Å². The molecule has 0 saturated carbocycles. The van der Waals surface area contributed by atoms with E-state index in [0.29, 0.717) is 11.6 Å². The number of rotatable bonds is 5. The van der Waals surface area contributed by atoms with Gasteiger partial charge in [0, 0.05) is 6.04 Å². The summed E-state index contributed by atoms with van der Waals surface area (Å²) < 4.78 is 4.55. The lowest BCUT2D eigenvalue weighted by Gasteiger charge is -2.27. The Morgan fingerprint density at radius 2 is 2.17 bits per heavy atom. The maximum Gasteiger partial charge on any atom is 0.325 e. The molecule has 6 nitrogen and oxygen atoms in total. The maximum atomic E-state index is 12.1. The van der Waals surface area contributed by atoms with E-state index in [4.69, 9.17) is 0 Å². The van der Waals surface area contributed by atoms with E-state index < -0.39 is 5.97 Å². The average Bonchev–Trinajstić information content (AvgIpc) is 2.71. The molecule has 0 spiro atoms. The van der Waals surface area contributed by atoms with Crippen molar-refractivity contribution in [3.63, 3.8) is 0 Å². The summed E-state index contributed by atoms with van der Waals surface area (Å²) in [5.41, 5.74) is 0. The first-order valence-electron chi connectivity index (χ1n) is 5.67. The Kier molecular flexibility index (Phi) is 5.46. The second-order valence-corrected chi connectivity index (χ2v) is 5.22. The minimum Gasteiger partial charge on any atom is -0.468 e. The quantitative estimate of drug-likeness (QED) is 0.657. The van der Waals surface area contributed by atoms with Crippen molar-refractivity contribution >= 4 is 29.5 Å². The minimum absolute atomic E-state index is 0.0288. The number of hydrogen-bond donors (Lipinski definition) is 0. The predicted molar refractivity (Wildman–Crippen MR) is 67.9 cm³/mol. The molecule has 1 heterocycles. The second kappa shape index (κ2) is 6.63. The third-order valence-electron chi connectivity index (χ3n) is 2.62. The molecular weight excluding hydrogens is 256 g/mol. The molecule has 1 aliphatic rings. The van der Waals surface area contributed by atoms with Crippen LogP contribution in [0.3, 0.4) is 0 Å². The van der Waals surface area contributed by atoms with Gasteiger partial charge in [0.1, 0.15) is 13.1 Å². The zero-order valence-corrected chi connectivity index (χ0v) is 11.7. The van der Waals surface area contributed by atoms with Crippen LogP contribution in [0.2, 0.25) is 0 Å². The molecule has 102 valence electrons. The number of esters is 1. The van der Waals surface area contributed by atoms with Crippen LogP contribution in [0.1, 0.15) is 13.8 Å². The lowest BCUT2D eigenvalue weighted by atomic mass is 10.3. The third-order valence-corrected chi connectivity index (χ3v) is 3.57. The standard InChI is InChI=1S/C11H18N2O4S/c1-8(2)13(5-11(16)17-3)9(14)4-12-7-18-6-10(12)15/h8H,4-7H2,1-3H3. The van der Waals surface area contributed by atoms with Crippen molar-refractivity contribution in [1.82, 2.24) is 9.80 Å². The number of amides is 2. The Morgan fingerprint density at radius 3 is 2.61 bits per heavy atom. The molecule has 2 amide bonds. The molecule has 0 aliphatic carbocycles. The number of hydrogen-bond acceptors (Lipinski definition) is 5. The molecule has 0 atom stereocenters. The van der Waals surface area contributed by atoms with Gasteiger partial charge in [-0.15, -0.1) is 11.8 Å².